The molecular formula is C16H28N2O7S2. The number of nitrogens with one attached hydrogen (secondary N) is 2. The van der Waals surface area contributed by atoms with Crippen molar-refractivity contribution in [2.24, 2.45) is 0 Å². The van der Waals surface area contributed by atoms with Gasteiger partial charge in [0.15, 0.2) is 30.5 Å². The molecule has 0 aromatic carbocycles. The Hall–Kier alpha value is -1.72. The summed E-state index contributed by atoms with van der Waals surface area (Å²) in [5.74, 6) is -1.25. The van der Waals surface area contributed by atoms with Crippen molar-refractivity contribution in [3.63, 3.8) is 0 Å². The molecule has 2 N–H and O–H groups in total. The minimum atomic E-state index is -4.15. The van der Waals surface area contributed by atoms with Gasteiger partial charge in [-0.05, 0) is 12.8 Å². The van der Waals surface area contributed by atoms with Gasteiger partial charge in [-0.3, -0.25) is 9.59 Å². The van der Waals surface area contributed by atoms with Crippen LogP contribution in [0.2, 0.25) is 0 Å². The molecule has 156 valence electrons. The summed E-state index contributed by atoms with van der Waals surface area (Å²) in [6.07, 6.45) is 0.00920. The quantitative estimate of drug-likeness (QED) is 0.417. The van der Waals surface area contributed by atoms with Crippen molar-refractivity contribution in [2.75, 3.05) is 13.1 Å². The Labute approximate surface area is 161 Å². The van der Waals surface area contributed by atoms with E-state index in [4.69, 9.17) is 4.74 Å². The van der Waals surface area contributed by atoms with Crippen LogP contribution in [0.3, 0.4) is 0 Å². The first-order valence-corrected chi connectivity index (χ1v) is 11.7. The number of ether oxygens (including phenoxy) is 1. The summed E-state index contributed by atoms with van der Waals surface area (Å²) in [6.45, 7) is 10.6. The number of carbonyl (C=O) groups is 2. The standard InChI is InChI=1S/C16H28N2O7S2/c1-5-9-17-13(19)11-15(26(21,22)7-3)25-16(27(23,24)8-4)12-14(20)18-10-6-2/h7-8,15-16H,3-6,9-12H2,1-2H3,(H,17,19)(H,18,20). The Kier molecular flexibility index (Phi) is 11.1. The molecule has 0 saturated heterocycles. The van der Waals surface area contributed by atoms with Crippen LogP contribution in [0.1, 0.15) is 39.5 Å². The van der Waals surface area contributed by atoms with Crippen molar-refractivity contribution in [1.82, 2.24) is 10.6 Å². The summed E-state index contributed by atoms with van der Waals surface area (Å²) in [4.78, 5) is 23.8. The molecule has 0 radical (unpaired) electrons. The topological polar surface area (TPSA) is 136 Å². The molecule has 0 aliphatic heterocycles. The van der Waals surface area contributed by atoms with Crippen LogP contribution >= 0.6 is 0 Å². The lowest BCUT2D eigenvalue weighted by atomic mass is 10.3. The first-order chi connectivity index (χ1) is 12.5. The van der Waals surface area contributed by atoms with Gasteiger partial charge >= 0.3 is 0 Å². The lowest BCUT2D eigenvalue weighted by molar-refractivity contribution is -0.124. The summed E-state index contributed by atoms with van der Waals surface area (Å²) in [6, 6.07) is 0. The highest BCUT2D eigenvalue weighted by molar-refractivity contribution is 7.95. The van der Waals surface area contributed by atoms with Crippen LogP contribution < -0.4 is 10.6 Å². The van der Waals surface area contributed by atoms with Crippen molar-refractivity contribution in [3.05, 3.63) is 24.0 Å². The summed E-state index contributed by atoms with van der Waals surface area (Å²) < 4.78 is 53.9. The highest BCUT2D eigenvalue weighted by Gasteiger charge is 2.35. The van der Waals surface area contributed by atoms with Gasteiger partial charge in [0.25, 0.3) is 0 Å². The predicted molar refractivity (Wildman–Crippen MR) is 103 cm³/mol. The number of carbonyl (C=O) groups excluding carboxylic acids is 2. The molecule has 2 amide bonds. The van der Waals surface area contributed by atoms with Crippen molar-refractivity contribution in [2.45, 2.75) is 50.4 Å². The van der Waals surface area contributed by atoms with E-state index in [9.17, 15) is 26.4 Å². The van der Waals surface area contributed by atoms with E-state index in [-0.39, 0.29) is 0 Å². The molecule has 0 saturated carbocycles. The molecule has 2 atom stereocenters. The third kappa shape index (κ3) is 9.16. The normalized spacial score (nSPS) is 14.0. The number of amides is 2. The molecule has 0 aromatic heterocycles. The minimum Gasteiger partial charge on any atom is -0.356 e. The van der Waals surface area contributed by atoms with E-state index < -0.39 is 55.2 Å². The van der Waals surface area contributed by atoms with Gasteiger partial charge in [-0.2, -0.15) is 0 Å². The van der Waals surface area contributed by atoms with Crippen molar-refractivity contribution in [3.8, 4) is 0 Å². The average molecular weight is 425 g/mol. The van der Waals surface area contributed by atoms with Crippen LogP contribution in [-0.2, 0) is 34.0 Å². The van der Waals surface area contributed by atoms with E-state index in [1.807, 2.05) is 13.8 Å². The van der Waals surface area contributed by atoms with Crippen LogP contribution in [0.15, 0.2) is 24.0 Å². The number of rotatable bonds is 14. The van der Waals surface area contributed by atoms with Gasteiger partial charge in [0.05, 0.1) is 12.8 Å². The van der Waals surface area contributed by atoms with E-state index in [0.29, 0.717) is 36.7 Å². The molecule has 0 fully saturated rings. The van der Waals surface area contributed by atoms with Gasteiger partial charge < -0.3 is 15.4 Å². The molecule has 2 unspecified atom stereocenters. The monoisotopic (exact) mass is 424 g/mol. The van der Waals surface area contributed by atoms with Crippen LogP contribution in [0, 0.1) is 0 Å². The Morgan fingerprint density at radius 2 is 1.19 bits per heavy atom. The lowest BCUT2D eigenvalue weighted by Crippen LogP contribution is -2.39. The zero-order valence-electron chi connectivity index (χ0n) is 15.6. The molecule has 0 rings (SSSR count). The van der Waals surface area contributed by atoms with Gasteiger partial charge in [-0.25, -0.2) is 16.8 Å². The van der Waals surface area contributed by atoms with Gasteiger partial charge in [0.1, 0.15) is 0 Å². The zero-order valence-corrected chi connectivity index (χ0v) is 17.3. The van der Waals surface area contributed by atoms with Gasteiger partial charge in [0.2, 0.25) is 11.8 Å². The SMILES string of the molecule is C=CS(=O)(=O)C(CC(=O)NCCC)OC(CC(=O)NCCC)S(=O)(=O)C=C. The maximum Gasteiger partial charge on any atom is 0.223 e. The maximum atomic E-state index is 12.2. The van der Waals surface area contributed by atoms with E-state index in [0.717, 1.165) is 0 Å². The molecule has 0 spiro atoms. The molecular weight excluding hydrogens is 396 g/mol. The number of hydrogen-bond acceptors (Lipinski definition) is 7. The second kappa shape index (κ2) is 11.9. The smallest absolute Gasteiger partial charge is 0.223 e. The third-order valence-electron chi connectivity index (χ3n) is 3.35. The Morgan fingerprint density at radius 3 is 1.44 bits per heavy atom. The highest BCUT2D eigenvalue weighted by Crippen LogP contribution is 2.19. The number of sulfone groups is 2. The third-order valence-corrected chi connectivity index (χ3v) is 6.30. The molecule has 0 aliphatic rings. The fraction of sp³-hybridized carbons (Fsp3) is 0.625. The van der Waals surface area contributed by atoms with Crippen LogP contribution in [-0.4, -0.2) is 52.6 Å². The first-order valence-electron chi connectivity index (χ1n) is 8.45. The van der Waals surface area contributed by atoms with Gasteiger partial charge in [-0.1, -0.05) is 27.0 Å². The Balaban J connectivity index is 5.58. The number of hydrogen-bond donors (Lipinski definition) is 2. The molecule has 9 nitrogen and oxygen atoms in total. The molecule has 0 heterocycles. The zero-order chi connectivity index (χ0) is 21.1. The van der Waals surface area contributed by atoms with Crippen LogP contribution in [0.4, 0.5) is 0 Å². The van der Waals surface area contributed by atoms with E-state index in [1.165, 1.54) is 0 Å². The van der Waals surface area contributed by atoms with Crippen molar-refractivity contribution in [1.29, 1.82) is 0 Å². The van der Waals surface area contributed by atoms with E-state index >= 15 is 0 Å². The maximum absolute atomic E-state index is 12.2. The highest BCUT2D eigenvalue weighted by atomic mass is 32.2. The summed E-state index contributed by atoms with van der Waals surface area (Å²) >= 11 is 0. The molecule has 0 aromatic rings. The minimum absolute atomic E-state index is 0.327. The Bertz CT molecular complexity index is 668. The average Bonchev–Trinajstić information content (AvgIpc) is 2.63. The fourth-order valence-corrected chi connectivity index (χ4v) is 3.69. The lowest BCUT2D eigenvalue weighted by Gasteiger charge is -2.22. The van der Waals surface area contributed by atoms with E-state index in [1.54, 1.807) is 0 Å². The summed E-state index contributed by atoms with van der Waals surface area (Å²) in [5, 5.41) is 6.14. The summed E-state index contributed by atoms with van der Waals surface area (Å²) in [5.41, 5.74) is -3.60. The molecule has 0 bridgehead atoms. The molecule has 27 heavy (non-hydrogen) atoms. The fourth-order valence-electron chi connectivity index (χ4n) is 1.84. The Morgan fingerprint density at radius 1 is 0.852 bits per heavy atom. The molecule has 11 heteroatoms. The van der Waals surface area contributed by atoms with Crippen LogP contribution in [0.25, 0.3) is 0 Å². The van der Waals surface area contributed by atoms with Gasteiger partial charge in [-0.15, -0.1) is 0 Å². The van der Waals surface area contributed by atoms with Crippen molar-refractivity contribution < 1.29 is 31.2 Å². The molecule has 0 aliphatic carbocycles. The van der Waals surface area contributed by atoms with Gasteiger partial charge in [0, 0.05) is 23.9 Å². The summed E-state index contributed by atoms with van der Waals surface area (Å²) in [7, 11) is -8.29. The largest absolute Gasteiger partial charge is 0.356 e. The van der Waals surface area contributed by atoms with E-state index in [2.05, 4.69) is 23.8 Å². The van der Waals surface area contributed by atoms with Crippen LogP contribution in [0.5, 0.6) is 0 Å². The second-order valence-electron chi connectivity index (χ2n) is 5.61. The van der Waals surface area contributed by atoms with Crippen molar-refractivity contribution >= 4 is 31.5 Å². The second-order valence-corrected chi connectivity index (χ2v) is 9.69. The predicted octanol–water partition coefficient (Wildman–Crippen LogP) is 0.604. The first kappa shape index (κ1) is 25.3.